The van der Waals surface area contributed by atoms with Gasteiger partial charge in [0, 0.05) is 31.4 Å². The van der Waals surface area contributed by atoms with Crippen LogP contribution in [0.4, 0.5) is 5.69 Å². The predicted molar refractivity (Wildman–Crippen MR) is 113 cm³/mol. The van der Waals surface area contributed by atoms with Crippen molar-refractivity contribution in [3.8, 4) is 0 Å². The van der Waals surface area contributed by atoms with Gasteiger partial charge < -0.3 is 10.2 Å². The number of rotatable bonds is 5. The Kier molecular flexibility index (Phi) is 5.61. The first-order valence-corrected chi connectivity index (χ1v) is 9.79. The molecule has 0 spiro atoms. The van der Waals surface area contributed by atoms with Gasteiger partial charge in [-0.25, -0.2) is 4.98 Å². The maximum absolute atomic E-state index is 12.1. The van der Waals surface area contributed by atoms with E-state index in [-0.39, 0.29) is 5.91 Å². The molecule has 2 heterocycles. The predicted octanol–water partition coefficient (Wildman–Crippen LogP) is 3.95. The number of nitrogens with one attached hydrogen (secondary N) is 1. The molecule has 1 aliphatic heterocycles. The van der Waals surface area contributed by atoms with E-state index >= 15 is 0 Å². The van der Waals surface area contributed by atoms with Crippen LogP contribution in [0.2, 0.25) is 0 Å². The van der Waals surface area contributed by atoms with E-state index in [2.05, 4.69) is 44.5 Å². The van der Waals surface area contributed by atoms with E-state index in [1.54, 1.807) is 12.3 Å². The van der Waals surface area contributed by atoms with Crippen molar-refractivity contribution in [1.82, 2.24) is 15.3 Å². The summed E-state index contributed by atoms with van der Waals surface area (Å²) in [6.45, 7) is 2.78. The van der Waals surface area contributed by atoms with Crippen LogP contribution in [-0.4, -0.2) is 29.0 Å². The highest BCUT2D eigenvalue weighted by atomic mass is 16.1. The molecule has 0 radical (unpaired) electrons. The molecule has 1 aliphatic rings. The smallest absolute Gasteiger partial charge is 0.244 e. The highest BCUT2D eigenvalue weighted by molar-refractivity contribution is 5.91. The number of amides is 1. The van der Waals surface area contributed by atoms with Crippen LogP contribution < -0.4 is 10.2 Å². The topological polar surface area (TPSA) is 58.1 Å². The number of carbonyl (C=O) groups is 1. The third-order valence-electron chi connectivity index (χ3n) is 5.00. The summed E-state index contributed by atoms with van der Waals surface area (Å²) in [4.78, 5) is 23.4. The molecule has 2 aromatic carbocycles. The van der Waals surface area contributed by atoms with Gasteiger partial charge in [0.05, 0.1) is 22.9 Å². The van der Waals surface area contributed by atoms with Crippen LogP contribution in [0.15, 0.2) is 60.8 Å². The molecule has 1 amide bonds. The van der Waals surface area contributed by atoms with Gasteiger partial charge in [-0.3, -0.25) is 9.78 Å². The molecule has 0 atom stereocenters. The van der Waals surface area contributed by atoms with Crippen LogP contribution in [0.1, 0.15) is 30.5 Å². The van der Waals surface area contributed by atoms with Crippen molar-refractivity contribution < 1.29 is 4.79 Å². The molecule has 0 aliphatic carbocycles. The lowest BCUT2D eigenvalue weighted by atomic mass is 10.1. The van der Waals surface area contributed by atoms with Gasteiger partial charge in [0.15, 0.2) is 0 Å². The van der Waals surface area contributed by atoms with E-state index in [0.717, 1.165) is 29.7 Å². The summed E-state index contributed by atoms with van der Waals surface area (Å²) in [6.07, 6.45) is 8.73. The number of fused-ring (bicyclic) bond motifs is 1. The van der Waals surface area contributed by atoms with Crippen LogP contribution in [0, 0.1) is 0 Å². The summed E-state index contributed by atoms with van der Waals surface area (Å²) >= 11 is 0. The zero-order valence-electron chi connectivity index (χ0n) is 15.8. The van der Waals surface area contributed by atoms with Crippen molar-refractivity contribution in [1.29, 1.82) is 0 Å². The first-order valence-electron chi connectivity index (χ1n) is 9.79. The molecule has 0 bridgehead atoms. The second-order valence-corrected chi connectivity index (χ2v) is 7.05. The molecule has 1 aromatic heterocycles. The molecule has 4 rings (SSSR count). The molecular formula is C23H24N4O. The lowest BCUT2D eigenvalue weighted by Gasteiger charge is -2.28. The number of hydrogen-bond acceptors (Lipinski definition) is 4. The van der Waals surface area contributed by atoms with Crippen LogP contribution in [0.5, 0.6) is 0 Å². The van der Waals surface area contributed by atoms with E-state index < -0.39 is 0 Å². The Bertz CT molecular complexity index is 975. The Balaban J connectivity index is 1.31. The molecule has 28 heavy (non-hydrogen) atoms. The van der Waals surface area contributed by atoms with E-state index in [0.29, 0.717) is 12.2 Å². The molecule has 0 saturated carbocycles. The van der Waals surface area contributed by atoms with Gasteiger partial charge in [-0.2, -0.15) is 0 Å². The molecule has 5 nitrogen and oxygen atoms in total. The number of hydrogen-bond donors (Lipinski definition) is 1. The number of aromatic nitrogens is 2. The normalized spacial score (nSPS) is 14.5. The van der Waals surface area contributed by atoms with E-state index in [9.17, 15) is 4.79 Å². The summed E-state index contributed by atoms with van der Waals surface area (Å²) in [5, 5.41) is 2.92. The number of anilines is 1. The van der Waals surface area contributed by atoms with Crippen molar-refractivity contribution in [3.63, 3.8) is 0 Å². The minimum absolute atomic E-state index is 0.143. The third-order valence-corrected chi connectivity index (χ3v) is 5.00. The maximum Gasteiger partial charge on any atom is 0.244 e. The third kappa shape index (κ3) is 4.55. The summed E-state index contributed by atoms with van der Waals surface area (Å²) < 4.78 is 0. The lowest BCUT2D eigenvalue weighted by Crippen LogP contribution is -2.29. The van der Waals surface area contributed by atoms with Gasteiger partial charge in [-0.15, -0.1) is 0 Å². The Morgan fingerprint density at radius 2 is 1.75 bits per heavy atom. The summed E-state index contributed by atoms with van der Waals surface area (Å²) in [7, 11) is 0. The van der Waals surface area contributed by atoms with E-state index in [4.69, 9.17) is 0 Å². The number of carbonyl (C=O) groups excluding carboxylic acids is 1. The second-order valence-electron chi connectivity index (χ2n) is 7.05. The number of nitrogens with zero attached hydrogens (tertiary/aromatic N) is 3. The highest BCUT2D eigenvalue weighted by Crippen LogP contribution is 2.20. The number of benzene rings is 2. The van der Waals surface area contributed by atoms with Crippen LogP contribution in [0.25, 0.3) is 17.1 Å². The zero-order chi connectivity index (χ0) is 19.2. The van der Waals surface area contributed by atoms with Gasteiger partial charge in [0.1, 0.15) is 0 Å². The fraction of sp³-hybridized carbons (Fsp3) is 0.261. The average Bonchev–Trinajstić information content (AvgIpc) is 2.77. The minimum atomic E-state index is -0.143. The Hall–Kier alpha value is -3.21. The molecule has 1 saturated heterocycles. The first-order chi connectivity index (χ1) is 13.8. The summed E-state index contributed by atoms with van der Waals surface area (Å²) in [5.74, 6) is -0.143. The van der Waals surface area contributed by atoms with Crippen molar-refractivity contribution in [2.24, 2.45) is 0 Å². The van der Waals surface area contributed by atoms with Crippen LogP contribution in [0.3, 0.4) is 0 Å². The fourth-order valence-corrected chi connectivity index (χ4v) is 3.44. The Morgan fingerprint density at radius 3 is 2.54 bits per heavy atom. The highest BCUT2D eigenvalue weighted by Gasteiger charge is 2.10. The van der Waals surface area contributed by atoms with Gasteiger partial charge in [-0.1, -0.05) is 24.3 Å². The number of piperidine rings is 1. The molecule has 5 heteroatoms. The van der Waals surface area contributed by atoms with Crippen LogP contribution >= 0.6 is 0 Å². The standard InChI is InChI=1S/C23H24N4O/c28-23(13-10-19-17-24-21-6-2-3-7-22(21)26-19)25-16-18-8-11-20(12-9-18)27-14-4-1-5-15-27/h2-3,6-13,17H,1,4-5,14-16H2,(H,25,28)/b13-10+. The van der Waals surface area contributed by atoms with E-state index in [1.807, 2.05) is 24.3 Å². The van der Waals surface area contributed by atoms with Crippen molar-refractivity contribution >= 4 is 28.7 Å². The maximum atomic E-state index is 12.1. The van der Waals surface area contributed by atoms with E-state index in [1.165, 1.54) is 31.0 Å². The Morgan fingerprint density at radius 1 is 1.00 bits per heavy atom. The average molecular weight is 372 g/mol. The SMILES string of the molecule is O=C(/C=C/c1cnc2ccccc2n1)NCc1ccc(N2CCCCC2)cc1. The van der Waals surface area contributed by atoms with Crippen molar-refractivity contribution in [2.75, 3.05) is 18.0 Å². The fourth-order valence-electron chi connectivity index (χ4n) is 3.44. The van der Waals surface area contributed by atoms with Gasteiger partial charge in [-0.05, 0) is 55.2 Å². The largest absolute Gasteiger partial charge is 0.372 e. The summed E-state index contributed by atoms with van der Waals surface area (Å²) in [6, 6.07) is 16.1. The van der Waals surface area contributed by atoms with Crippen molar-refractivity contribution in [2.45, 2.75) is 25.8 Å². The molecule has 3 aromatic rings. The van der Waals surface area contributed by atoms with Crippen LogP contribution in [-0.2, 0) is 11.3 Å². The van der Waals surface area contributed by atoms with Gasteiger partial charge in [0.2, 0.25) is 5.91 Å². The molecular weight excluding hydrogens is 348 g/mol. The van der Waals surface area contributed by atoms with Gasteiger partial charge >= 0.3 is 0 Å². The quantitative estimate of drug-likeness (QED) is 0.689. The monoisotopic (exact) mass is 372 g/mol. The molecule has 142 valence electrons. The van der Waals surface area contributed by atoms with Gasteiger partial charge in [0.25, 0.3) is 0 Å². The molecule has 0 unspecified atom stereocenters. The Labute approximate surface area is 165 Å². The first kappa shape index (κ1) is 18.2. The molecule has 1 fully saturated rings. The number of para-hydroxylation sites is 2. The van der Waals surface area contributed by atoms with Crippen molar-refractivity contribution in [3.05, 3.63) is 72.1 Å². The minimum Gasteiger partial charge on any atom is -0.372 e. The second kappa shape index (κ2) is 8.65. The zero-order valence-corrected chi connectivity index (χ0v) is 15.8. The summed E-state index contributed by atoms with van der Waals surface area (Å²) in [5.41, 5.74) is 4.69. The lowest BCUT2D eigenvalue weighted by molar-refractivity contribution is -0.116. The molecule has 1 N–H and O–H groups in total.